The molecule has 0 atom stereocenters. The fourth-order valence-corrected chi connectivity index (χ4v) is 2.22. The minimum Gasteiger partial charge on any atom is -0.340 e. The van der Waals surface area contributed by atoms with Crippen LogP contribution in [0.3, 0.4) is 0 Å². The molecule has 0 aromatic carbocycles. The number of imidazole rings is 1. The average Bonchev–Trinajstić information content (AvgIpc) is 2.83. The first-order valence-corrected chi connectivity index (χ1v) is 6.36. The summed E-state index contributed by atoms with van der Waals surface area (Å²) in [6.45, 7) is 1.71. The molecule has 0 saturated carbocycles. The lowest BCUT2D eigenvalue weighted by Crippen LogP contribution is -2.24. The monoisotopic (exact) mass is 308 g/mol. The predicted octanol–water partition coefficient (Wildman–Crippen LogP) is 2.42. The Hall–Kier alpha value is -2.64. The van der Waals surface area contributed by atoms with E-state index in [1.54, 1.807) is 20.0 Å². The zero-order valence-electron chi connectivity index (χ0n) is 11.7. The van der Waals surface area contributed by atoms with Gasteiger partial charge in [0.05, 0.1) is 17.6 Å². The smallest absolute Gasteiger partial charge is 0.340 e. The van der Waals surface area contributed by atoms with Crippen molar-refractivity contribution in [2.75, 3.05) is 0 Å². The summed E-state index contributed by atoms with van der Waals surface area (Å²) >= 11 is 0. The van der Waals surface area contributed by atoms with E-state index in [4.69, 9.17) is 0 Å². The van der Waals surface area contributed by atoms with E-state index in [1.165, 1.54) is 29.4 Å². The van der Waals surface area contributed by atoms with Gasteiger partial charge in [-0.15, -0.1) is 0 Å². The van der Waals surface area contributed by atoms with E-state index in [9.17, 15) is 18.0 Å². The molecule has 0 spiro atoms. The fourth-order valence-electron chi connectivity index (χ4n) is 2.22. The summed E-state index contributed by atoms with van der Waals surface area (Å²) in [5.41, 5.74) is -1.95. The zero-order chi connectivity index (χ0) is 16.1. The molecule has 114 valence electrons. The van der Waals surface area contributed by atoms with Crippen molar-refractivity contribution in [3.63, 3.8) is 0 Å². The van der Waals surface area contributed by atoms with E-state index in [1.807, 2.05) is 0 Å². The second kappa shape index (κ2) is 4.69. The maximum absolute atomic E-state index is 13.3. The third kappa shape index (κ3) is 2.26. The Kier molecular flexibility index (Phi) is 3.05. The van der Waals surface area contributed by atoms with Gasteiger partial charge in [-0.25, -0.2) is 9.97 Å². The molecule has 0 fully saturated rings. The fraction of sp³-hybridized carbons (Fsp3) is 0.214. The number of alkyl halides is 3. The predicted molar refractivity (Wildman–Crippen MR) is 73.4 cm³/mol. The highest BCUT2D eigenvalue weighted by Crippen LogP contribution is 2.33. The van der Waals surface area contributed by atoms with Gasteiger partial charge in [0.1, 0.15) is 5.65 Å². The van der Waals surface area contributed by atoms with Crippen molar-refractivity contribution in [1.82, 2.24) is 18.9 Å². The van der Waals surface area contributed by atoms with Crippen LogP contribution in [0.25, 0.3) is 16.9 Å². The standard InChI is InChI=1S/C14H11F3N4O/c1-8-3-4-21-10(5-8)19-12(14(15,16)17)11(13(21)22)9-6-20(2)7-18-9/h3-7H,1-2H3. The van der Waals surface area contributed by atoms with E-state index < -0.39 is 23.0 Å². The van der Waals surface area contributed by atoms with E-state index >= 15 is 0 Å². The average molecular weight is 308 g/mol. The topological polar surface area (TPSA) is 52.2 Å². The number of pyridine rings is 1. The van der Waals surface area contributed by atoms with Crippen molar-refractivity contribution < 1.29 is 13.2 Å². The highest BCUT2D eigenvalue weighted by atomic mass is 19.4. The van der Waals surface area contributed by atoms with Crippen molar-refractivity contribution in [2.24, 2.45) is 7.05 Å². The van der Waals surface area contributed by atoms with Crippen LogP contribution in [-0.4, -0.2) is 18.9 Å². The van der Waals surface area contributed by atoms with Crippen LogP contribution in [0.15, 0.2) is 35.6 Å². The lowest BCUT2D eigenvalue weighted by Gasteiger charge is -2.12. The molecule has 0 saturated heterocycles. The number of aryl methyl sites for hydroxylation is 2. The molecule has 0 amide bonds. The number of rotatable bonds is 1. The molecule has 0 aliphatic heterocycles. The number of nitrogens with zero attached hydrogens (tertiary/aromatic N) is 4. The molecule has 5 nitrogen and oxygen atoms in total. The molecule has 0 aliphatic rings. The third-order valence-corrected chi connectivity index (χ3v) is 3.22. The summed E-state index contributed by atoms with van der Waals surface area (Å²) in [4.78, 5) is 20.0. The molecule has 22 heavy (non-hydrogen) atoms. The van der Waals surface area contributed by atoms with Gasteiger partial charge in [-0.1, -0.05) is 0 Å². The Balaban J connectivity index is 2.45. The molecule has 3 aromatic rings. The Labute approximate surface area is 122 Å². The van der Waals surface area contributed by atoms with Gasteiger partial charge in [0, 0.05) is 19.4 Å². The maximum Gasteiger partial charge on any atom is 0.434 e. The molecular formula is C14H11F3N4O. The van der Waals surface area contributed by atoms with Crippen LogP contribution in [0.5, 0.6) is 0 Å². The van der Waals surface area contributed by atoms with E-state index in [2.05, 4.69) is 9.97 Å². The van der Waals surface area contributed by atoms with Crippen LogP contribution in [-0.2, 0) is 13.2 Å². The first kappa shape index (κ1) is 14.3. The quantitative estimate of drug-likeness (QED) is 0.694. The summed E-state index contributed by atoms with van der Waals surface area (Å²) in [5.74, 6) is 0. The van der Waals surface area contributed by atoms with E-state index in [-0.39, 0.29) is 11.3 Å². The third-order valence-electron chi connectivity index (χ3n) is 3.22. The number of aromatic nitrogens is 4. The Morgan fingerprint density at radius 1 is 1.27 bits per heavy atom. The lowest BCUT2D eigenvalue weighted by molar-refractivity contribution is -0.140. The minimum absolute atomic E-state index is 0.0444. The van der Waals surface area contributed by atoms with Crippen molar-refractivity contribution in [3.8, 4) is 11.3 Å². The molecule has 0 bridgehead atoms. The Morgan fingerprint density at radius 2 is 2.00 bits per heavy atom. The molecule has 3 aromatic heterocycles. The first-order chi connectivity index (χ1) is 10.3. The Bertz CT molecular complexity index is 924. The molecule has 0 aliphatic carbocycles. The summed E-state index contributed by atoms with van der Waals surface area (Å²) in [6.07, 6.45) is -0.649. The largest absolute Gasteiger partial charge is 0.434 e. The second-order valence-corrected chi connectivity index (χ2v) is 4.99. The van der Waals surface area contributed by atoms with Crippen molar-refractivity contribution in [2.45, 2.75) is 13.1 Å². The SMILES string of the molecule is Cc1ccn2c(=O)c(-c3cn(C)cn3)c(C(F)(F)F)nc2c1. The first-order valence-electron chi connectivity index (χ1n) is 6.36. The molecule has 3 rings (SSSR count). The maximum atomic E-state index is 13.3. The zero-order valence-corrected chi connectivity index (χ0v) is 11.7. The van der Waals surface area contributed by atoms with Crippen molar-refractivity contribution >= 4 is 5.65 Å². The lowest BCUT2D eigenvalue weighted by atomic mass is 10.1. The van der Waals surface area contributed by atoms with Gasteiger partial charge in [-0.3, -0.25) is 9.20 Å². The van der Waals surface area contributed by atoms with Crippen LogP contribution in [0, 0.1) is 6.92 Å². The summed E-state index contributed by atoms with van der Waals surface area (Å²) in [7, 11) is 1.61. The van der Waals surface area contributed by atoms with Gasteiger partial charge in [0.2, 0.25) is 0 Å². The number of hydrogen-bond acceptors (Lipinski definition) is 3. The van der Waals surface area contributed by atoms with Crippen LogP contribution >= 0.6 is 0 Å². The number of halogens is 3. The van der Waals surface area contributed by atoms with E-state index in [0.717, 1.165) is 4.40 Å². The molecule has 0 unspecified atom stereocenters. The highest BCUT2D eigenvalue weighted by Gasteiger charge is 2.38. The van der Waals surface area contributed by atoms with Crippen LogP contribution in [0.1, 0.15) is 11.3 Å². The molecule has 3 heterocycles. The summed E-state index contributed by atoms with van der Waals surface area (Å²) < 4.78 is 42.5. The normalized spacial score (nSPS) is 12.0. The second-order valence-electron chi connectivity index (χ2n) is 4.99. The van der Waals surface area contributed by atoms with Crippen molar-refractivity contribution in [1.29, 1.82) is 0 Å². The number of fused-ring (bicyclic) bond motifs is 1. The van der Waals surface area contributed by atoms with Gasteiger partial charge < -0.3 is 4.57 Å². The Morgan fingerprint density at radius 3 is 2.59 bits per heavy atom. The van der Waals surface area contributed by atoms with Gasteiger partial charge in [-0.05, 0) is 24.6 Å². The molecule has 8 heteroatoms. The van der Waals surface area contributed by atoms with Crippen molar-refractivity contribution in [3.05, 3.63) is 52.5 Å². The van der Waals surface area contributed by atoms with Crippen LogP contribution in [0.4, 0.5) is 13.2 Å². The van der Waals surface area contributed by atoms with Gasteiger partial charge in [-0.2, -0.15) is 13.2 Å². The minimum atomic E-state index is -4.75. The summed E-state index contributed by atoms with van der Waals surface area (Å²) in [5, 5.41) is 0. The van der Waals surface area contributed by atoms with Crippen LogP contribution in [0.2, 0.25) is 0 Å². The molecule has 0 N–H and O–H groups in total. The molecular weight excluding hydrogens is 297 g/mol. The van der Waals surface area contributed by atoms with Crippen LogP contribution < -0.4 is 5.56 Å². The van der Waals surface area contributed by atoms with Gasteiger partial charge in [0.25, 0.3) is 5.56 Å². The highest BCUT2D eigenvalue weighted by molar-refractivity contribution is 5.63. The summed E-state index contributed by atoms with van der Waals surface area (Å²) in [6, 6.07) is 3.06. The van der Waals surface area contributed by atoms with Gasteiger partial charge >= 0.3 is 6.18 Å². The van der Waals surface area contributed by atoms with E-state index in [0.29, 0.717) is 5.56 Å². The molecule has 0 radical (unpaired) electrons. The van der Waals surface area contributed by atoms with Gasteiger partial charge in [0.15, 0.2) is 5.69 Å². The number of hydrogen-bond donors (Lipinski definition) is 0.